The summed E-state index contributed by atoms with van der Waals surface area (Å²) in [6.07, 6.45) is -0.728. The number of halogens is 1. The largest absolute Gasteiger partial charge is 0.488 e. The summed E-state index contributed by atoms with van der Waals surface area (Å²) in [5.41, 5.74) is 0.203. The molecule has 0 bridgehead atoms. The van der Waals surface area contributed by atoms with Crippen LogP contribution >= 0.6 is 11.3 Å². The van der Waals surface area contributed by atoms with Gasteiger partial charge >= 0.3 is 0 Å². The number of fused-ring (bicyclic) bond motifs is 1. The van der Waals surface area contributed by atoms with Gasteiger partial charge in [0.1, 0.15) is 21.9 Å². The van der Waals surface area contributed by atoms with Crippen LogP contribution in [0.15, 0.2) is 69.1 Å². The fourth-order valence-electron chi connectivity index (χ4n) is 4.26. The number of hydrogen-bond donors (Lipinski definition) is 2. The zero-order valence-electron chi connectivity index (χ0n) is 22.0. The van der Waals surface area contributed by atoms with E-state index in [9.17, 15) is 31.1 Å². The van der Waals surface area contributed by atoms with Crippen LogP contribution in [0, 0.1) is 11.7 Å². The van der Waals surface area contributed by atoms with Crippen molar-refractivity contribution in [3.63, 3.8) is 0 Å². The number of hydrogen-bond acceptors (Lipinski definition) is 8. The van der Waals surface area contributed by atoms with Gasteiger partial charge < -0.3 is 14.7 Å². The molecule has 1 aliphatic heterocycles. The first-order chi connectivity index (χ1) is 18.8. The van der Waals surface area contributed by atoms with Gasteiger partial charge in [-0.05, 0) is 60.8 Å². The summed E-state index contributed by atoms with van der Waals surface area (Å²) in [7, 11) is -6.48. The van der Waals surface area contributed by atoms with Crippen LogP contribution in [-0.4, -0.2) is 75.9 Å². The maximum absolute atomic E-state index is 13.6. The Kier molecular flexibility index (Phi) is 8.85. The molecule has 2 N–H and O–H groups in total. The van der Waals surface area contributed by atoms with Crippen LogP contribution in [0.4, 0.5) is 10.1 Å². The van der Waals surface area contributed by atoms with Crippen LogP contribution in [0.5, 0.6) is 5.75 Å². The number of anilines is 1. The number of carbonyl (C=O) groups excluding carboxylic acids is 1. The number of aliphatic hydroxyl groups is 1. The Balaban J connectivity index is 1.68. The zero-order valence-corrected chi connectivity index (χ0v) is 24.5. The van der Waals surface area contributed by atoms with Crippen molar-refractivity contribution < 1.29 is 35.9 Å². The van der Waals surface area contributed by atoms with Gasteiger partial charge in [-0.2, -0.15) is 4.31 Å². The molecule has 3 atom stereocenters. The SMILES string of the molecule is C[C@H]1CN([C@@H](C)CO)C(=O)c2cc(NS(=O)(=O)c3cccs3)ccc2O[C@H]1CN(C)S(=O)(=O)c1ccc(F)cc1. The number of thiophene rings is 1. The Morgan fingerprint density at radius 1 is 1.18 bits per heavy atom. The Hall–Kier alpha value is -3.04. The second-order valence-electron chi connectivity index (χ2n) is 9.61. The number of likely N-dealkylation sites (N-methyl/N-ethyl adjacent to an activating group) is 1. The molecule has 0 saturated carbocycles. The average molecular weight is 612 g/mol. The molecule has 0 fully saturated rings. The number of rotatable bonds is 9. The normalized spacial score (nSPS) is 18.9. The van der Waals surface area contributed by atoms with Gasteiger partial charge in [0.25, 0.3) is 15.9 Å². The van der Waals surface area contributed by atoms with Gasteiger partial charge in [0.2, 0.25) is 10.0 Å². The van der Waals surface area contributed by atoms with Crippen LogP contribution in [0.25, 0.3) is 0 Å². The van der Waals surface area contributed by atoms with Crippen LogP contribution < -0.4 is 9.46 Å². The van der Waals surface area contributed by atoms with Crippen molar-refractivity contribution in [2.24, 2.45) is 5.92 Å². The molecule has 0 radical (unpaired) electrons. The fourth-order valence-corrected chi connectivity index (χ4v) is 7.49. The molecule has 216 valence electrons. The third-order valence-electron chi connectivity index (χ3n) is 6.64. The van der Waals surface area contributed by atoms with Crippen molar-refractivity contribution in [3.8, 4) is 5.75 Å². The summed E-state index contributed by atoms with van der Waals surface area (Å²) in [5.74, 6) is -1.25. The summed E-state index contributed by atoms with van der Waals surface area (Å²) in [6, 6.07) is 11.3. The molecule has 1 aliphatic rings. The van der Waals surface area contributed by atoms with E-state index in [-0.39, 0.29) is 51.7 Å². The van der Waals surface area contributed by atoms with Crippen molar-refractivity contribution >= 4 is 43.0 Å². The number of sulfonamides is 2. The van der Waals surface area contributed by atoms with E-state index in [0.29, 0.717) is 0 Å². The average Bonchev–Trinajstić information content (AvgIpc) is 3.47. The van der Waals surface area contributed by atoms with E-state index in [2.05, 4.69) is 4.72 Å². The molecule has 4 rings (SSSR count). The van der Waals surface area contributed by atoms with E-state index in [1.54, 1.807) is 18.4 Å². The van der Waals surface area contributed by atoms with Crippen molar-refractivity contribution in [1.82, 2.24) is 9.21 Å². The van der Waals surface area contributed by atoms with Crippen LogP contribution in [0.1, 0.15) is 24.2 Å². The lowest BCUT2D eigenvalue weighted by Crippen LogP contribution is -2.50. The van der Waals surface area contributed by atoms with E-state index in [1.165, 1.54) is 48.3 Å². The second kappa shape index (κ2) is 11.8. The highest BCUT2D eigenvalue weighted by Gasteiger charge is 2.35. The molecule has 40 heavy (non-hydrogen) atoms. The lowest BCUT2D eigenvalue weighted by Gasteiger charge is -2.38. The summed E-state index contributed by atoms with van der Waals surface area (Å²) < 4.78 is 75.1. The lowest BCUT2D eigenvalue weighted by atomic mass is 9.99. The number of aliphatic hydroxyl groups excluding tert-OH is 1. The van der Waals surface area contributed by atoms with Crippen LogP contribution in [0.3, 0.4) is 0 Å². The minimum absolute atomic E-state index is 0.0626. The predicted molar refractivity (Wildman–Crippen MR) is 149 cm³/mol. The molecule has 0 saturated heterocycles. The molecule has 14 heteroatoms. The van der Waals surface area contributed by atoms with E-state index >= 15 is 0 Å². The van der Waals surface area contributed by atoms with Crippen molar-refractivity contribution in [2.45, 2.75) is 35.1 Å². The van der Waals surface area contributed by atoms with Gasteiger partial charge in [-0.3, -0.25) is 9.52 Å². The van der Waals surface area contributed by atoms with Crippen molar-refractivity contribution in [1.29, 1.82) is 0 Å². The Labute approximate surface area is 237 Å². The predicted octanol–water partition coefficient (Wildman–Crippen LogP) is 3.23. The summed E-state index contributed by atoms with van der Waals surface area (Å²) >= 11 is 1.05. The fraction of sp³-hybridized carbons (Fsp3) is 0.346. The molecule has 2 aromatic carbocycles. The highest BCUT2D eigenvalue weighted by Crippen LogP contribution is 2.32. The monoisotopic (exact) mass is 611 g/mol. The zero-order chi connectivity index (χ0) is 29.2. The molecule has 10 nitrogen and oxygen atoms in total. The molecule has 1 amide bonds. The molecule has 0 aliphatic carbocycles. The molecular weight excluding hydrogens is 581 g/mol. The van der Waals surface area contributed by atoms with Crippen LogP contribution in [0.2, 0.25) is 0 Å². The number of benzene rings is 2. The van der Waals surface area contributed by atoms with Gasteiger partial charge in [-0.25, -0.2) is 21.2 Å². The number of amides is 1. The summed E-state index contributed by atoms with van der Waals surface area (Å²) in [6.45, 7) is 3.21. The number of nitrogens with one attached hydrogen (secondary N) is 1. The van der Waals surface area contributed by atoms with Gasteiger partial charge in [0, 0.05) is 25.2 Å². The summed E-state index contributed by atoms with van der Waals surface area (Å²) in [5, 5.41) is 11.5. The molecule has 1 aromatic heterocycles. The Morgan fingerprint density at radius 3 is 2.50 bits per heavy atom. The smallest absolute Gasteiger partial charge is 0.271 e. The van der Waals surface area contributed by atoms with Crippen molar-refractivity contribution in [2.75, 3.05) is 31.5 Å². The first-order valence-electron chi connectivity index (χ1n) is 12.3. The molecule has 3 aromatic rings. The van der Waals surface area contributed by atoms with E-state index in [0.717, 1.165) is 27.8 Å². The molecular formula is C26H30FN3O7S3. The van der Waals surface area contributed by atoms with Gasteiger partial charge in [-0.1, -0.05) is 13.0 Å². The lowest BCUT2D eigenvalue weighted by molar-refractivity contribution is 0.0387. The third kappa shape index (κ3) is 6.31. The first kappa shape index (κ1) is 29.9. The quantitative estimate of drug-likeness (QED) is 0.380. The highest BCUT2D eigenvalue weighted by molar-refractivity contribution is 7.94. The Bertz CT molecular complexity index is 1560. The number of nitrogens with zero attached hydrogens (tertiary/aromatic N) is 2. The topological polar surface area (TPSA) is 133 Å². The Morgan fingerprint density at radius 2 is 1.88 bits per heavy atom. The van der Waals surface area contributed by atoms with E-state index in [4.69, 9.17) is 4.74 Å². The van der Waals surface area contributed by atoms with Gasteiger partial charge in [-0.15, -0.1) is 11.3 Å². The standard InChI is InChI=1S/C26H30FN3O7S3/c1-17-14-30(18(2)16-31)26(32)22-13-20(28-39(33,34)25-5-4-12-38-25)8-11-23(22)37-24(17)15-29(3)40(35,36)21-9-6-19(27)7-10-21/h4-13,17-18,24,28,31H,14-16H2,1-3H3/t17-,18-,24-/m0/s1. The minimum atomic E-state index is -3.98. The number of carbonyl (C=O) groups is 1. The first-order valence-corrected chi connectivity index (χ1v) is 16.1. The maximum atomic E-state index is 13.6. The molecule has 0 unspecified atom stereocenters. The van der Waals surface area contributed by atoms with Gasteiger partial charge in [0.05, 0.1) is 29.7 Å². The molecule has 0 spiro atoms. The second-order valence-corrected chi connectivity index (χ2v) is 14.5. The van der Waals surface area contributed by atoms with Crippen LogP contribution in [-0.2, 0) is 20.0 Å². The minimum Gasteiger partial charge on any atom is -0.488 e. The highest BCUT2D eigenvalue weighted by atomic mass is 32.2. The van der Waals surface area contributed by atoms with E-state index in [1.807, 2.05) is 6.92 Å². The third-order valence-corrected chi connectivity index (χ3v) is 11.3. The van der Waals surface area contributed by atoms with Gasteiger partial charge in [0.15, 0.2) is 0 Å². The summed E-state index contributed by atoms with van der Waals surface area (Å²) in [4.78, 5) is 15.0. The van der Waals surface area contributed by atoms with E-state index < -0.39 is 43.9 Å². The molecule has 2 heterocycles. The number of ether oxygens (including phenoxy) is 1. The van der Waals surface area contributed by atoms with Crippen molar-refractivity contribution in [3.05, 3.63) is 71.4 Å². The maximum Gasteiger partial charge on any atom is 0.271 e.